The van der Waals surface area contributed by atoms with Crippen LogP contribution in [-0.2, 0) is 0 Å². The highest BCUT2D eigenvalue weighted by Crippen LogP contribution is 2.34. The van der Waals surface area contributed by atoms with Crippen LogP contribution >= 0.6 is 11.6 Å². The molecule has 1 saturated heterocycles. The Bertz CT molecular complexity index is 567. The molecule has 1 aliphatic heterocycles. The molecule has 2 heterocycles. The monoisotopic (exact) mass is 294 g/mol. The van der Waals surface area contributed by atoms with Crippen molar-refractivity contribution >= 4 is 11.6 Å². The van der Waals surface area contributed by atoms with Crippen LogP contribution in [0.2, 0.25) is 5.02 Å². The predicted octanol–water partition coefficient (Wildman–Crippen LogP) is 3.07. The van der Waals surface area contributed by atoms with Crippen molar-refractivity contribution in [3.8, 4) is 0 Å². The van der Waals surface area contributed by atoms with Crippen molar-refractivity contribution in [1.82, 2.24) is 10.2 Å². The molecule has 0 spiro atoms. The minimum atomic E-state index is -0.393. The molecule has 0 bridgehead atoms. The van der Waals surface area contributed by atoms with Crippen molar-refractivity contribution in [3.05, 3.63) is 58.8 Å². The minimum absolute atomic E-state index is 0.143. The second-order valence-corrected chi connectivity index (χ2v) is 5.22. The molecule has 106 valence electrons. The van der Waals surface area contributed by atoms with Gasteiger partial charge in [-0.25, -0.2) is 4.39 Å². The van der Waals surface area contributed by atoms with Crippen LogP contribution in [0.4, 0.5) is 4.39 Å². The molecule has 5 heteroatoms. The lowest BCUT2D eigenvalue weighted by Gasteiger charge is -2.34. The van der Waals surface area contributed by atoms with Gasteiger partial charge in [0.25, 0.3) is 0 Å². The molecule has 1 aliphatic rings. The molecule has 0 amide bonds. The summed E-state index contributed by atoms with van der Waals surface area (Å²) in [7, 11) is 0. The molecular formula is C15H16ClFN2O. The first-order chi connectivity index (χ1) is 9.77. The smallest absolute Gasteiger partial charge is 0.142 e. The van der Waals surface area contributed by atoms with Crippen molar-refractivity contribution in [2.75, 3.05) is 26.2 Å². The van der Waals surface area contributed by atoms with Crippen molar-refractivity contribution in [2.24, 2.45) is 0 Å². The number of nitrogens with zero attached hydrogens (tertiary/aromatic N) is 1. The lowest BCUT2D eigenvalue weighted by molar-refractivity contribution is 0.180. The lowest BCUT2D eigenvalue weighted by atomic mass is 10.0. The van der Waals surface area contributed by atoms with Crippen LogP contribution in [0.25, 0.3) is 0 Å². The van der Waals surface area contributed by atoms with E-state index in [1.54, 1.807) is 12.3 Å². The largest absolute Gasteiger partial charge is 0.467 e. The van der Waals surface area contributed by atoms with Crippen LogP contribution in [0.15, 0.2) is 41.0 Å². The number of rotatable bonds is 3. The SMILES string of the molecule is Fc1cccc([C@@H](c2ccco2)N2CCNCC2)c1Cl. The zero-order chi connectivity index (χ0) is 13.9. The van der Waals surface area contributed by atoms with E-state index < -0.39 is 5.82 Å². The van der Waals surface area contributed by atoms with Crippen LogP contribution in [0, 0.1) is 5.82 Å². The summed E-state index contributed by atoms with van der Waals surface area (Å²) in [4.78, 5) is 2.26. The Hall–Kier alpha value is -1.36. The van der Waals surface area contributed by atoms with Gasteiger partial charge in [0.05, 0.1) is 17.3 Å². The highest BCUT2D eigenvalue weighted by atomic mass is 35.5. The average molecular weight is 295 g/mol. The van der Waals surface area contributed by atoms with Crippen LogP contribution in [0.1, 0.15) is 17.4 Å². The molecule has 1 aromatic carbocycles. The number of hydrogen-bond acceptors (Lipinski definition) is 3. The fourth-order valence-corrected chi connectivity index (χ4v) is 2.88. The average Bonchev–Trinajstić information content (AvgIpc) is 2.99. The number of hydrogen-bond donors (Lipinski definition) is 1. The first kappa shape index (κ1) is 13.6. The van der Waals surface area contributed by atoms with E-state index >= 15 is 0 Å². The first-order valence-electron chi connectivity index (χ1n) is 6.69. The van der Waals surface area contributed by atoms with Gasteiger partial charge in [0.15, 0.2) is 0 Å². The second kappa shape index (κ2) is 5.95. The van der Waals surface area contributed by atoms with Gasteiger partial charge in [-0.15, -0.1) is 0 Å². The third kappa shape index (κ3) is 2.59. The Kier molecular flexibility index (Phi) is 4.05. The van der Waals surface area contributed by atoms with Gasteiger partial charge in [0.2, 0.25) is 0 Å². The van der Waals surface area contributed by atoms with Crippen LogP contribution in [-0.4, -0.2) is 31.1 Å². The van der Waals surface area contributed by atoms with Crippen molar-refractivity contribution in [2.45, 2.75) is 6.04 Å². The van der Waals surface area contributed by atoms with Crippen molar-refractivity contribution < 1.29 is 8.81 Å². The molecule has 0 unspecified atom stereocenters. The minimum Gasteiger partial charge on any atom is -0.467 e. The van der Waals surface area contributed by atoms with E-state index in [0.717, 1.165) is 37.5 Å². The standard InChI is InChI=1S/C15H16ClFN2O/c16-14-11(3-1-4-12(14)17)15(13-5-2-10-20-13)19-8-6-18-7-9-19/h1-5,10,15,18H,6-9H2/t15-/m0/s1. The molecule has 1 N–H and O–H groups in total. The number of piperazine rings is 1. The Morgan fingerprint density at radius 1 is 1.20 bits per heavy atom. The third-order valence-corrected chi connectivity index (χ3v) is 4.00. The molecule has 1 atom stereocenters. The summed E-state index contributed by atoms with van der Waals surface area (Å²) in [5.74, 6) is 0.398. The van der Waals surface area contributed by atoms with Crippen LogP contribution in [0.5, 0.6) is 0 Å². The first-order valence-corrected chi connectivity index (χ1v) is 7.07. The van der Waals surface area contributed by atoms with Gasteiger partial charge in [-0.05, 0) is 23.8 Å². The molecule has 0 radical (unpaired) electrons. The van der Waals surface area contributed by atoms with E-state index in [-0.39, 0.29) is 11.1 Å². The molecule has 0 aliphatic carbocycles. The summed E-state index contributed by atoms with van der Waals surface area (Å²) in [5.41, 5.74) is 0.753. The maximum atomic E-state index is 13.8. The van der Waals surface area contributed by atoms with Gasteiger partial charge in [-0.2, -0.15) is 0 Å². The Morgan fingerprint density at radius 2 is 2.00 bits per heavy atom. The van der Waals surface area contributed by atoms with Gasteiger partial charge in [-0.3, -0.25) is 4.90 Å². The number of benzene rings is 1. The maximum Gasteiger partial charge on any atom is 0.142 e. The van der Waals surface area contributed by atoms with Crippen LogP contribution in [0.3, 0.4) is 0 Å². The van der Waals surface area contributed by atoms with Gasteiger partial charge in [-0.1, -0.05) is 23.7 Å². The molecule has 3 nitrogen and oxygen atoms in total. The van der Waals surface area contributed by atoms with E-state index in [0.29, 0.717) is 0 Å². The summed E-state index contributed by atoms with van der Waals surface area (Å²) in [6, 6.07) is 8.54. The van der Waals surface area contributed by atoms with E-state index in [4.69, 9.17) is 16.0 Å². The van der Waals surface area contributed by atoms with Crippen LogP contribution < -0.4 is 5.32 Å². The Labute approximate surface area is 122 Å². The molecule has 1 aromatic heterocycles. The zero-order valence-corrected chi connectivity index (χ0v) is 11.7. The number of nitrogens with one attached hydrogen (secondary N) is 1. The van der Waals surface area contributed by atoms with E-state index in [1.807, 2.05) is 18.2 Å². The van der Waals surface area contributed by atoms with Gasteiger partial charge < -0.3 is 9.73 Å². The highest BCUT2D eigenvalue weighted by molar-refractivity contribution is 6.31. The summed E-state index contributed by atoms with van der Waals surface area (Å²) < 4.78 is 19.3. The van der Waals surface area contributed by atoms with Gasteiger partial charge in [0, 0.05) is 26.2 Å². The zero-order valence-electron chi connectivity index (χ0n) is 11.0. The summed E-state index contributed by atoms with van der Waals surface area (Å²) in [6.45, 7) is 3.56. The third-order valence-electron chi connectivity index (χ3n) is 3.61. The number of halogens is 2. The topological polar surface area (TPSA) is 28.4 Å². The quantitative estimate of drug-likeness (QED) is 0.943. The number of furan rings is 1. The van der Waals surface area contributed by atoms with Crippen molar-refractivity contribution in [3.63, 3.8) is 0 Å². The summed E-state index contributed by atoms with van der Waals surface area (Å²) in [5, 5.41) is 3.49. The second-order valence-electron chi connectivity index (χ2n) is 4.85. The summed E-state index contributed by atoms with van der Waals surface area (Å²) >= 11 is 6.17. The maximum absolute atomic E-state index is 13.8. The van der Waals surface area contributed by atoms with E-state index in [9.17, 15) is 4.39 Å². The molecule has 1 fully saturated rings. The molecule has 3 rings (SSSR count). The molecular weight excluding hydrogens is 279 g/mol. The van der Waals surface area contributed by atoms with Crippen molar-refractivity contribution in [1.29, 1.82) is 0 Å². The van der Waals surface area contributed by atoms with E-state index in [1.165, 1.54) is 6.07 Å². The fraction of sp³-hybridized carbons (Fsp3) is 0.333. The van der Waals surface area contributed by atoms with Gasteiger partial charge in [0.1, 0.15) is 11.6 Å². The Balaban J connectivity index is 2.03. The molecule has 2 aromatic rings. The predicted molar refractivity (Wildman–Crippen MR) is 76.4 cm³/mol. The normalized spacial score (nSPS) is 18.1. The fourth-order valence-electron chi connectivity index (χ4n) is 2.65. The summed E-state index contributed by atoms with van der Waals surface area (Å²) in [6.07, 6.45) is 1.64. The van der Waals surface area contributed by atoms with E-state index in [2.05, 4.69) is 10.2 Å². The molecule has 0 saturated carbocycles. The molecule has 20 heavy (non-hydrogen) atoms. The Morgan fingerprint density at radius 3 is 2.70 bits per heavy atom. The van der Waals surface area contributed by atoms with Gasteiger partial charge >= 0.3 is 0 Å². The lowest BCUT2D eigenvalue weighted by Crippen LogP contribution is -2.45. The highest BCUT2D eigenvalue weighted by Gasteiger charge is 2.28.